The van der Waals surface area contributed by atoms with Crippen LogP contribution in [0.4, 0.5) is 0 Å². The predicted molar refractivity (Wildman–Crippen MR) is 7.97 cm³/mol. The zero-order valence-corrected chi connectivity index (χ0v) is 5.72. The topological polar surface area (TPSA) is 89.4 Å². The Morgan fingerprint density at radius 1 is 1.17 bits per heavy atom. The van der Waals surface area contributed by atoms with Gasteiger partial charge in [0.2, 0.25) is 0 Å². The monoisotopic (exact) mass is 140 g/mol. The summed E-state index contributed by atoms with van der Waals surface area (Å²) >= 11 is 0. The average Bonchev–Trinajstić information content (AvgIpc) is 0.722. The summed E-state index contributed by atoms with van der Waals surface area (Å²) in [5.74, 6) is 0. The predicted octanol–water partition coefficient (Wildman–Crippen LogP) is -4.50. The molecule has 0 saturated heterocycles. The van der Waals surface area contributed by atoms with Crippen molar-refractivity contribution >= 4 is 37.7 Å². The van der Waals surface area contributed by atoms with Crippen LogP contribution in [0.1, 0.15) is 0 Å². The molecule has 0 aliphatic heterocycles. The maximum Gasteiger partial charge on any atom is 2.00 e. The minimum absolute atomic E-state index is 0. The van der Waals surface area contributed by atoms with E-state index in [2.05, 4.69) is 0 Å². The smallest absolute Gasteiger partial charge is 0.183 e. The second kappa shape index (κ2) is 3.40. The second-order valence-electron chi connectivity index (χ2n) is 0.396. The molecule has 0 heterocycles. The Morgan fingerprint density at radius 2 is 1.17 bits per heavy atom. The molecule has 0 spiro atoms. The van der Waals surface area contributed by atoms with Crippen molar-refractivity contribution in [3.63, 3.8) is 0 Å². The van der Waals surface area contributed by atoms with Crippen LogP contribution in [0.5, 0.6) is 0 Å². The van der Waals surface area contributed by atoms with Gasteiger partial charge >= 0.3 is 37.7 Å². The zero-order valence-electron chi connectivity index (χ0n) is 2.76. The van der Waals surface area contributed by atoms with Crippen LogP contribution in [0.2, 0.25) is 0 Å². The molecule has 1 N–H and O–H groups in total. The van der Waals surface area contributed by atoms with Crippen LogP contribution in [-0.2, 0) is 0 Å². The third-order valence-electron chi connectivity index (χ3n) is 0. The van der Waals surface area contributed by atoms with Crippen molar-refractivity contribution in [2.75, 3.05) is 0 Å². The summed E-state index contributed by atoms with van der Waals surface area (Å²) in [6, 6.07) is 0. The van der Waals surface area contributed by atoms with E-state index in [9.17, 15) is 0 Å². The molecule has 0 unspecified atom stereocenters. The van der Waals surface area contributed by atoms with Crippen LogP contribution in [0.25, 0.3) is 0 Å². The summed E-state index contributed by atoms with van der Waals surface area (Å²) < 4.78 is 32.7. The van der Waals surface area contributed by atoms with Gasteiger partial charge in [-0.3, -0.25) is 0 Å². The Hall–Kier alpha value is 1.39. The first-order chi connectivity index (χ1) is 2.00. The Bertz CT molecular complexity index is 23.0. The molecule has 0 saturated carbocycles. The van der Waals surface area contributed by atoms with E-state index < -0.39 is 10.2 Å². The largest absolute Gasteiger partial charge is 2.00 e. The van der Waals surface area contributed by atoms with Crippen LogP contribution in [0.3, 0.4) is 0 Å². The Kier molecular flexibility index (Phi) is 5.88. The van der Waals surface area contributed by atoms with Gasteiger partial charge in [0.15, 0.2) is 0 Å². The molecule has 0 rings (SSSR count). The maximum absolute atomic E-state index is 8.60. The molecule has 0 atom stereocenters. The van der Waals surface area contributed by atoms with Crippen molar-refractivity contribution in [2.24, 2.45) is 0 Å². The molecule has 0 aromatic rings. The van der Waals surface area contributed by atoms with Crippen LogP contribution < -0.4 is 14.0 Å². The Morgan fingerprint density at radius 3 is 1.17 bits per heavy atom. The minimum atomic E-state index is -4.69. The van der Waals surface area contributed by atoms with Crippen molar-refractivity contribution < 1.29 is 28.9 Å². The molecule has 6 heavy (non-hydrogen) atoms. The van der Waals surface area contributed by atoms with Crippen LogP contribution in [-0.4, -0.2) is 42.4 Å². The Balaban J connectivity index is 0. The van der Waals surface area contributed by atoms with Gasteiger partial charge in [-0.1, -0.05) is 0 Å². The summed E-state index contributed by atoms with van der Waals surface area (Å²) in [5, 5.41) is 0. The molecular formula is HCaClO4+2. The molecule has 0 aromatic heterocycles. The van der Waals surface area contributed by atoms with Gasteiger partial charge in [-0.2, -0.15) is 14.0 Å². The fraction of sp³-hybridized carbons (Fsp3) is 0. The van der Waals surface area contributed by atoms with Crippen molar-refractivity contribution in [1.29, 1.82) is 0 Å². The SMILES string of the molecule is [Ca+2].[O-][Cl+3]([O-])([O-])O. The summed E-state index contributed by atoms with van der Waals surface area (Å²) in [7, 11) is -4.69. The number of halogens is 1. The molecular weight excluding hydrogens is 140 g/mol. The third kappa shape index (κ3) is 53.8. The van der Waals surface area contributed by atoms with E-state index in [-0.39, 0.29) is 37.7 Å². The number of hydrogen-bond donors (Lipinski definition) is 1. The summed E-state index contributed by atoms with van der Waals surface area (Å²) in [5.41, 5.74) is 0. The van der Waals surface area contributed by atoms with E-state index >= 15 is 0 Å². The Labute approximate surface area is 66.1 Å². The second-order valence-corrected chi connectivity index (χ2v) is 1.19. The number of rotatable bonds is 0. The van der Waals surface area contributed by atoms with E-state index in [0.717, 1.165) is 0 Å². The minimum Gasteiger partial charge on any atom is -0.183 e. The molecule has 0 bridgehead atoms. The number of hydrogen-bond acceptors (Lipinski definition) is 4. The average molecular weight is 141 g/mol. The molecule has 0 amide bonds. The van der Waals surface area contributed by atoms with Crippen molar-refractivity contribution in [3.8, 4) is 0 Å². The van der Waals surface area contributed by atoms with E-state index in [0.29, 0.717) is 0 Å². The molecule has 0 aliphatic carbocycles. The first-order valence-electron chi connectivity index (χ1n) is 0.632. The summed E-state index contributed by atoms with van der Waals surface area (Å²) in [6.07, 6.45) is 0. The van der Waals surface area contributed by atoms with Gasteiger partial charge in [0.05, 0.1) is 14.9 Å². The molecule has 0 aliphatic rings. The van der Waals surface area contributed by atoms with E-state index in [1.165, 1.54) is 0 Å². The van der Waals surface area contributed by atoms with Gasteiger partial charge < -0.3 is 0 Å². The van der Waals surface area contributed by atoms with Gasteiger partial charge in [0, 0.05) is 0 Å². The molecule has 0 aromatic carbocycles. The van der Waals surface area contributed by atoms with Crippen LogP contribution in [0, 0.1) is 10.2 Å². The fourth-order valence-corrected chi connectivity index (χ4v) is 0. The third-order valence-corrected chi connectivity index (χ3v) is 0. The zero-order chi connectivity index (χ0) is 4.50. The summed E-state index contributed by atoms with van der Waals surface area (Å²) in [6.45, 7) is 0. The fourth-order valence-electron chi connectivity index (χ4n) is 0. The first kappa shape index (κ1) is 10.4. The molecule has 4 nitrogen and oxygen atoms in total. The normalized spacial score (nSPS) is 10.0. The van der Waals surface area contributed by atoms with Gasteiger partial charge in [-0.15, -0.1) is 0 Å². The molecule has 0 fully saturated rings. The molecule has 6 heteroatoms. The molecule has 32 valence electrons. The van der Waals surface area contributed by atoms with E-state index in [4.69, 9.17) is 18.6 Å². The van der Waals surface area contributed by atoms with Crippen molar-refractivity contribution in [2.45, 2.75) is 0 Å². The standard InChI is InChI=1S/Ca.ClHO4/c;2-1(3,4)5/h;(H,2,3,4,5)/q+2;. The van der Waals surface area contributed by atoms with Crippen molar-refractivity contribution in [3.05, 3.63) is 0 Å². The van der Waals surface area contributed by atoms with E-state index in [1.54, 1.807) is 0 Å². The first-order valence-corrected chi connectivity index (χ1v) is 1.90. The maximum atomic E-state index is 8.60. The van der Waals surface area contributed by atoms with Crippen molar-refractivity contribution in [1.82, 2.24) is 0 Å². The molecule has 0 radical (unpaired) electrons. The van der Waals surface area contributed by atoms with Gasteiger partial charge in [-0.25, -0.2) is 0 Å². The van der Waals surface area contributed by atoms with Gasteiger partial charge in [-0.05, 0) is 0 Å². The summed E-state index contributed by atoms with van der Waals surface area (Å²) in [4.78, 5) is 0. The quantitative estimate of drug-likeness (QED) is 0.344. The van der Waals surface area contributed by atoms with Gasteiger partial charge in [0.25, 0.3) is 0 Å². The van der Waals surface area contributed by atoms with Gasteiger partial charge in [0.1, 0.15) is 0 Å². The van der Waals surface area contributed by atoms with Crippen LogP contribution >= 0.6 is 0 Å². The van der Waals surface area contributed by atoms with E-state index in [1.807, 2.05) is 0 Å². The van der Waals surface area contributed by atoms with Crippen LogP contribution in [0.15, 0.2) is 0 Å².